The van der Waals surface area contributed by atoms with Crippen LogP contribution in [-0.2, 0) is 0 Å². The molecular formula is C10H22N2. The van der Waals surface area contributed by atoms with Gasteiger partial charge in [0.25, 0.3) is 0 Å². The lowest BCUT2D eigenvalue weighted by Crippen LogP contribution is -2.36. The van der Waals surface area contributed by atoms with Gasteiger partial charge in [0, 0.05) is 12.1 Å². The van der Waals surface area contributed by atoms with E-state index in [2.05, 4.69) is 31.2 Å². The highest BCUT2D eigenvalue weighted by atomic mass is 15.1. The molecule has 0 radical (unpaired) electrons. The molecule has 72 valence electrons. The van der Waals surface area contributed by atoms with Crippen LogP contribution < -0.4 is 5.32 Å². The van der Waals surface area contributed by atoms with E-state index in [1.807, 2.05) is 0 Å². The topological polar surface area (TPSA) is 15.3 Å². The van der Waals surface area contributed by atoms with Crippen molar-refractivity contribution in [3.8, 4) is 0 Å². The first-order valence-electron chi connectivity index (χ1n) is 5.11. The van der Waals surface area contributed by atoms with Crippen LogP contribution in [0, 0.1) is 0 Å². The smallest absolute Gasteiger partial charge is 0.00651 e. The third-order valence-corrected chi connectivity index (χ3v) is 3.16. The summed E-state index contributed by atoms with van der Waals surface area (Å²) in [6.45, 7) is 3.59. The van der Waals surface area contributed by atoms with Gasteiger partial charge in [0.2, 0.25) is 0 Å². The van der Waals surface area contributed by atoms with E-state index in [9.17, 15) is 0 Å². The molecule has 1 fully saturated rings. The summed E-state index contributed by atoms with van der Waals surface area (Å²) in [4.78, 5) is 2.48. The summed E-state index contributed by atoms with van der Waals surface area (Å²) < 4.78 is 0. The van der Waals surface area contributed by atoms with Gasteiger partial charge in [0.05, 0.1) is 0 Å². The Balaban J connectivity index is 2.35. The fourth-order valence-electron chi connectivity index (χ4n) is 1.90. The van der Waals surface area contributed by atoms with Crippen LogP contribution in [0.2, 0.25) is 0 Å². The Bertz CT molecular complexity index is 123. The third-order valence-electron chi connectivity index (χ3n) is 3.16. The molecule has 1 heterocycles. The fraction of sp³-hybridized carbons (Fsp3) is 1.00. The van der Waals surface area contributed by atoms with Crippen LogP contribution >= 0.6 is 0 Å². The van der Waals surface area contributed by atoms with E-state index in [0.717, 1.165) is 12.1 Å². The van der Waals surface area contributed by atoms with E-state index in [4.69, 9.17) is 0 Å². The molecule has 0 aromatic rings. The predicted molar refractivity (Wildman–Crippen MR) is 53.4 cm³/mol. The molecule has 2 atom stereocenters. The van der Waals surface area contributed by atoms with Crippen molar-refractivity contribution in [2.75, 3.05) is 20.6 Å². The summed E-state index contributed by atoms with van der Waals surface area (Å²) in [6, 6.07) is 1.53. The molecule has 0 aromatic heterocycles. The van der Waals surface area contributed by atoms with Gasteiger partial charge in [-0.05, 0) is 53.2 Å². The summed E-state index contributed by atoms with van der Waals surface area (Å²) in [6.07, 6.45) is 5.35. The lowest BCUT2D eigenvalue weighted by molar-refractivity contribution is 0.209. The first-order chi connectivity index (χ1) is 5.74. The second-order valence-corrected chi connectivity index (χ2v) is 4.03. The molecule has 2 unspecified atom stereocenters. The van der Waals surface area contributed by atoms with Gasteiger partial charge in [0.15, 0.2) is 0 Å². The first kappa shape index (κ1) is 10.0. The molecule has 0 spiro atoms. The zero-order valence-electron chi connectivity index (χ0n) is 8.64. The molecule has 1 N–H and O–H groups in total. The molecule has 0 bridgehead atoms. The molecule has 1 saturated heterocycles. The fourth-order valence-corrected chi connectivity index (χ4v) is 1.90. The Morgan fingerprint density at radius 3 is 2.67 bits per heavy atom. The number of hydrogen-bond donors (Lipinski definition) is 1. The average molecular weight is 170 g/mol. The van der Waals surface area contributed by atoms with E-state index in [1.54, 1.807) is 0 Å². The molecule has 0 amide bonds. The molecule has 1 rings (SSSR count). The molecule has 2 heteroatoms. The highest BCUT2D eigenvalue weighted by molar-refractivity contribution is 4.74. The minimum Gasteiger partial charge on any atom is -0.317 e. The Morgan fingerprint density at radius 2 is 2.00 bits per heavy atom. The molecule has 0 saturated carbocycles. The molecule has 0 aromatic carbocycles. The van der Waals surface area contributed by atoms with Crippen molar-refractivity contribution in [1.82, 2.24) is 10.2 Å². The summed E-state index contributed by atoms with van der Waals surface area (Å²) in [5.41, 5.74) is 0. The zero-order chi connectivity index (χ0) is 8.97. The maximum absolute atomic E-state index is 3.39. The van der Waals surface area contributed by atoms with Crippen LogP contribution in [0.4, 0.5) is 0 Å². The SMILES string of the molecule is CNC1CCCN(C)C(C)CC1. The molecule has 2 nitrogen and oxygen atoms in total. The van der Waals surface area contributed by atoms with Crippen LogP contribution in [0.15, 0.2) is 0 Å². The number of likely N-dealkylation sites (tertiary alicyclic amines) is 1. The molecule has 0 aliphatic carbocycles. The van der Waals surface area contributed by atoms with Crippen LogP contribution in [0.3, 0.4) is 0 Å². The maximum Gasteiger partial charge on any atom is 0.00651 e. The molecular weight excluding hydrogens is 148 g/mol. The summed E-state index contributed by atoms with van der Waals surface area (Å²) >= 11 is 0. The second-order valence-electron chi connectivity index (χ2n) is 4.03. The minimum atomic E-state index is 0.765. The summed E-state index contributed by atoms with van der Waals surface area (Å²) in [7, 11) is 4.32. The lowest BCUT2D eigenvalue weighted by Gasteiger charge is -2.30. The van der Waals surface area contributed by atoms with Crippen molar-refractivity contribution < 1.29 is 0 Å². The average Bonchev–Trinajstić information content (AvgIpc) is 2.07. The Kier molecular flexibility index (Phi) is 4.02. The molecule has 1 aliphatic heterocycles. The summed E-state index contributed by atoms with van der Waals surface area (Å²) in [5.74, 6) is 0. The van der Waals surface area contributed by atoms with Crippen LogP contribution in [0.1, 0.15) is 32.6 Å². The number of nitrogens with one attached hydrogen (secondary N) is 1. The Hall–Kier alpha value is -0.0800. The number of rotatable bonds is 1. The quantitative estimate of drug-likeness (QED) is 0.641. The van der Waals surface area contributed by atoms with Crippen molar-refractivity contribution in [3.05, 3.63) is 0 Å². The van der Waals surface area contributed by atoms with E-state index < -0.39 is 0 Å². The van der Waals surface area contributed by atoms with Crippen molar-refractivity contribution in [2.45, 2.75) is 44.7 Å². The third kappa shape index (κ3) is 2.76. The standard InChI is InChI=1S/C10H22N2/c1-9-6-7-10(11-2)5-4-8-12(9)3/h9-11H,4-8H2,1-3H3. The van der Waals surface area contributed by atoms with Gasteiger partial charge in [-0.15, -0.1) is 0 Å². The van der Waals surface area contributed by atoms with E-state index >= 15 is 0 Å². The minimum absolute atomic E-state index is 0.765. The van der Waals surface area contributed by atoms with Crippen molar-refractivity contribution in [3.63, 3.8) is 0 Å². The van der Waals surface area contributed by atoms with Gasteiger partial charge in [-0.1, -0.05) is 0 Å². The zero-order valence-corrected chi connectivity index (χ0v) is 8.64. The second kappa shape index (κ2) is 4.83. The number of nitrogens with zero attached hydrogens (tertiary/aromatic N) is 1. The largest absolute Gasteiger partial charge is 0.317 e. The lowest BCUT2D eigenvalue weighted by atomic mass is 9.99. The van der Waals surface area contributed by atoms with Crippen LogP contribution in [0.25, 0.3) is 0 Å². The van der Waals surface area contributed by atoms with Gasteiger partial charge in [-0.3, -0.25) is 0 Å². The highest BCUT2D eigenvalue weighted by Crippen LogP contribution is 2.14. The Morgan fingerprint density at radius 1 is 1.25 bits per heavy atom. The normalized spacial score (nSPS) is 34.2. The molecule has 1 aliphatic rings. The van der Waals surface area contributed by atoms with E-state index in [0.29, 0.717) is 0 Å². The van der Waals surface area contributed by atoms with Gasteiger partial charge in [-0.25, -0.2) is 0 Å². The highest BCUT2D eigenvalue weighted by Gasteiger charge is 2.15. The van der Waals surface area contributed by atoms with Crippen molar-refractivity contribution in [2.24, 2.45) is 0 Å². The summed E-state index contributed by atoms with van der Waals surface area (Å²) in [5, 5.41) is 3.39. The van der Waals surface area contributed by atoms with Gasteiger partial charge in [-0.2, -0.15) is 0 Å². The number of hydrogen-bond acceptors (Lipinski definition) is 2. The Labute approximate surface area is 76.3 Å². The predicted octanol–water partition coefficient (Wildman–Crippen LogP) is 1.47. The monoisotopic (exact) mass is 170 g/mol. The van der Waals surface area contributed by atoms with E-state index in [-0.39, 0.29) is 0 Å². The maximum atomic E-state index is 3.39. The van der Waals surface area contributed by atoms with Gasteiger partial charge < -0.3 is 10.2 Å². The van der Waals surface area contributed by atoms with Crippen LogP contribution in [0.5, 0.6) is 0 Å². The first-order valence-corrected chi connectivity index (χ1v) is 5.11. The van der Waals surface area contributed by atoms with Gasteiger partial charge >= 0.3 is 0 Å². The van der Waals surface area contributed by atoms with E-state index in [1.165, 1.54) is 32.2 Å². The van der Waals surface area contributed by atoms with Crippen molar-refractivity contribution in [1.29, 1.82) is 0 Å². The van der Waals surface area contributed by atoms with Gasteiger partial charge in [0.1, 0.15) is 0 Å². The molecule has 12 heavy (non-hydrogen) atoms. The van der Waals surface area contributed by atoms with Crippen LogP contribution in [-0.4, -0.2) is 37.6 Å². The van der Waals surface area contributed by atoms with Crippen molar-refractivity contribution >= 4 is 0 Å².